The van der Waals surface area contributed by atoms with Crippen LogP contribution in [0.1, 0.15) is 32.8 Å². The highest BCUT2D eigenvalue weighted by Gasteiger charge is 2.24. The Bertz CT molecular complexity index is 1830. The first-order valence-electron chi connectivity index (χ1n) is 14.0. The number of amides is 2. The summed E-state index contributed by atoms with van der Waals surface area (Å²) < 4.78 is 28.0. The van der Waals surface area contributed by atoms with Gasteiger partial charge in [0.2, 0.25) is 0 Å². The van der Waals surface area contributed by atoms with Gasteiger partial charge in [-0.3, -0.25) is 24.7 Å². The number of thioether (sulfide) groups is 1. The van der Waals surface area contributed by atoms with Crippen LogP contribution in [0, 0.1) is 10.1 Å². The van der Waals surface area contributed by atoms with Crippen LogP contribution < -0.4 is 10.0 Å². The van der Waals surface area contributed by atoms with E-state index in [-0.39, 0.29) is 17.2 Å². The zero-order valence-electron chi connectivity index (χ0n) is 24.0. The van der Waals surface area contributed by atoms with Gasteiger partial charge >= 0.3 is 0 Å². The minimum Gasteiger partial charge on any atom is -0.379 e. The molecule has 0 saturated heterocycles. The molecule has 0 saturated carbocycles. The molecule has 2 heterocycles. The molecule has 0 aliphatic carbocycles. The normalized spacial score (nSPS) is 13.1. The molecule has 0 fully saturated rings. The second-order valence-electron chi connectivity index (χ2n) is 9.98. The average molecular weight is 644 g/mol. The number of hydrogen-bond donors (Lipinski definition) is 2. The van der Waals surface area contributed by atoms with E-state index in [9.17, 15) is 28.1 Å². The molecule has 2 N–H and O–H groups in total. The van der Waals surface area contributed by atoms with E-state index in [1.54, 1.807) is 53.2 Å². The molecule has 45 heavy (non-hydrogen) atoms. The second kappa shape index (κ2) is 14.2. The standard InChI is InChI=1S/C32H29N5O6S2/c38-31(25-11-9-23(10-12-25)24-15-19-36(20-16-24)32(39)29-8-4-5-17-33-29)35-45(42,43)27-13-14-28(30(22-27)37(40)41)34-18-21-44-26-6-2-1-3-7-26/h1-15,17,22,34H,16,18-21H2,(H,35,38). The monoisotopic (exact) mass is 643 g/mol. The Morgan fingerprint density at radius 1 is 0.978 bits per heavy atom. The number of rotatable bonds is 11. The molecular formula is C32H29N5O6S2. The maximum atomic E-state index is 13.0. The topological polar surface area (TPSA) is 152 Å². The van der Waals surface area contributed by atoms with Gasteiger partial charge in [0.05, 0.1) is 9.82 Å². The number of carbonyl (C=O) groups is 2. The van der Waals surface area contributed by atoms with Crippen LogP contribution in [0.15, 0.2) is 113 Å². The number of aromatic nitrogens is 1. The van der Waals surface area contributed by atoms with Crippen molar-refractivity contribution in [3.05, 3.63) is 130 Å². The van der Waals surface area contributed by atoms with Gasteiger partial charge in [0.1, 0.15) is 11.4 Å². The number of carbonyl (C=O) groups excluding carboxylic acids is 2. The van der Waals surface area contributed by atoms with Gasteiger partial charge < -0.3 is 10.2 Å². The molecule has 2 amide bonds. The van der Waals surface area contributed by atoms with E-state index in [0.717, 1.165) is 22.1 Å². The third kappa shape index (κ3) is 7.94. The summed E-state index contributed by atoms with van der Waals surface area (Å²) in [6.45, 7) is 1.34. The third-order valence-electron chi connectivity index (χ3n) is 7.03. The lowest BCUT2D eigenvalue weighted by Crippen LogP contribution is -2.35. The molecule has 3 aromatic carbocycles. The summed E-state index contributed by atoms with van der Waals surface area (Å²) in [6, 6.07) is 24.8. The first-order chi connectivity index (χ1) is 21.7. The Morgan fingerprint density at radius 2 is 1.73 bits per heavy atom. The van der Waals surface area contributed by atoms with E-state index in [1.165, 1.54) is 24.3 Å². The Hall–Kier alpha value is -5.01. The minimum absolute atomic E-state index is 0.106. The summed E-state index contributed by atoms with van der Waals surface area (Å²) in [4.78, 5) is 43.0. The largest absolute Gasteiger partial charge is 0.379 e. The smallest absolute Gasteiger partial charge is 0.293 e. The Labute approximate surface area is 264 Å². The van der Waals surface area contributed by atoms with Gasteiger partial charge in [-0.05, 0) is 66.1 Å². The summed E-state index contributed by atoms with van der Waals surface area (Å²) in [5, 5.41) is 14.7. The van der Waals surface area contributed by atoms with Crippen LogP contribution in [0.25, 0.3) is 5.57 Å². The lowest BCUT2D eigenvalue weighted by Gasteiger charge is -2.26. The van der Waals surface area contributed by atoms with Crippen molar-refractivity contribution < 1.29 is 22.9 Å². The van der Waals surface area contributed by atoms with E-state index in [1.807, 2.05) is 41.1 Å². The van der Waals surface area contributed by atoms with Crippen LogP contribution in [-0.2, 0) is 10.0 Å². The summed E-state index contributed by atoms with van der Waals surface area (Å²) in [5.74, 6) is -0.375. The zero-order chi connectivity index (χ0) is 31.8. The van der Waals surface area contributed by atoms with Gasteiger partial charge in [0.25, 0.3) is 27.5 Å². The number of nitrogens with one attached hydrogen (secondary N) is 2. The highest BCUT2D eigenvalue weighted by molar-refractivity contribution is 7.99. The quantitative estimate of drug-likeness (QED) is 0.0967. The molecule has 13 heteroatoms. The summed E-state index contributed by atoms with van der Waals surface area (Å²) in [5.41, 5.74) is 2.10. The maximum Gasteiger partial charge on any atom is 0.293 e. The highest BCUT2D eigenvalue weighted by Crippen LogP contribution is 2.28. The fourth-order valence-corrected chi connectivity index (χ4v) is 6.48. The molecule has 230 valence electrons. The van der Waals surface area contributed by atoms with Crippen LogP contribution in [0.3, 0.4) is 0 Å². The number of anilines is 1. The van der Waals surface area contributed by atoms with E-state index < -0.39 is 31.4 Å². The van der Waals surface area contributed by atoms with Crippen molar-refractivity contribution in [2.24, 2.45) is 0 Å². The first-order valence-corrected chi connectivity index (χ1v) is 16.5. The molecule has 11 nitrogen and oxygen atoms in total. The van der Waals surface area contributed by atoms with Crippen molar-refractivity contribution in [3.63, 3.8) is 0 Å². The van der Waals surface area contributed by atoms with Gasteiger partial charge in [-0.25, -0.2) is 13.1 Å². The van der Waals surface area contributed by atoms with Crippen molar-refractivity contribution in [1.82, 2.24) is 14.6 Å². The zero-order valence-corrected chi connectivity index (χ0v) is 25.6. The number of nitro benzene ring substituents is 1. The molecule has 0 atom stereocenters. The average Bonchev–Trinajstić information content (AvgIpc) is 3.07. The van der Waals surface area contributed by atoms with Gasteiger partial charge in [-0.1, -0.05) is 42.5 Å². The number of benzene rings is 3. The van der Waals surface area contributed by atoms with Crippen LogP contribution in [0.2, 0.25) is 0 Å². The van der Waals surface area contributed by atoms with E-state index >= 15 is 0 Å². The predicted molar refractivity (Wildman–Crippen MR) is 173 cm³/mol. The SMILES string of the molecule is O=C(NS(=O)(=O)c1ccc(NCCSc2ccccc2)c([N+](=O)[O-])c1)c1ccc(C2=CCN(C(=O)c3ccccn3)CC2)cc1. The van der Waals surface area contributed by atoms with Crippen LogP contribution >= 0.6 is 11.8 Å². The molecule has 1 aliphatic heterocycles. The molecule has 5 rings (SSSR count). The first kappa shape index (κ1) is 31.4. The number of pyridine rings is 1. The number of nitrogens with zero attached hydrogens (tertiary/aromatic N) is 3. The Balaban J connectivity index is 1.19. The van der Waals surface area contributed by atoms with E-state index in [4.69, 9.17) is 0 Å². The molecule has 4 aromatic rings. The molecule has 0 bridgehead atoms. The minimum atomic E-state index is -4.40. The lowest BCUT2D eigenvalue weighted by molar-refractivity contribution is -0.384. The number of nitro groups is 1. The molecule has 1 aromatic heterocycles. The van der Waals surface area contributed by atoms with Gasteiger partial charge in [0, 0.05) is 48.1 Å². The number of hydrogen-bond acceptors (Lipinski definition) is 9. The summed E-state index contributed by atoms with van der Waals surface area (Å²) >= 11 is 1.58. The summed E-state index contributed by atoms with van der Waals surface area (Å²) in [7, 11) is -4.40. The van der Waals surface area contributed by atoms with Gasteiger partial charge in [0.15, 0.2) is 0 Å². The lowest BCUT2D eigenvalue weighted by atomic mass is 9.98. The highest BCUT2D eigenvalue weighted by atomic mass is 32.2. The number of sulfonamides is 1. The molecule has 0 spiro atoms. The fourth-order valence-electron chi connectivity index (χ4n) is 4.69. The van der Waals surface area contributed by atoms with Gasteiger partial charge in [-0.15, -0.1) is 11.8 Å². The van der Waals surface area contributed by atoms with E-state index in [2.05, 4.69) is 10.3 Å². The summed E-state index contributed by atoms with van der Waals surface area (Å²) in [6.07, 6.45) is 4.12. The van der Waals surface area contributed by atoms with Crippen LogP contribution in [-0.4, -0.2) is 60.4 Å². The molecular weight excluding hydrogens is 615 g/mol. The van der Waals surface area contributed by atoms with E-state index in [0.29, 0.717) is 37.5 Å². The van der Waals surface area contributed by atoms with Crippen molar-refractivity contribution >= 4 is 50.5 Å². The fraction of sp³-hybridized carbons (Fsp3) is 0.156. The Morgan fingerprint density at radius 3 is 2.40 bits per heavy atom. The van der Waals surface area contributed by atoms with Crippen molar-refractivity contribution in [3.8, 4) is 0 Å². The third-order valence-corrected chi connectivity index (χ3v) is 9.37. The molecule has 0 radical (unpaired) electrons. The van der Waals surface area contributed by atoms with Crippen molar-refractivity contribution in [1.29, 1.82) is 0 Å². The van der Waals surface area contributed by atoms with Gasteiger partial charge in [-0.2, -0.15) is 0 Å². The van der Waals surface area contributed by atoms with Crippen molar-refractivity contribution in [2.75, 3.05) is 30.7 Å². The van der Waals surface area contributed by atoms with Crippen LogP contribution in [0.4, 0.5) is 11.4 Å². The Kier molecular flexibility index (Phi) is 9.90. The van der Waals surface area contributed by atoms with Crippen molar-refractivity contribution in [2.45, 2.75) is 16.2 Å². The van der Waals surface area contributed by atoms with Crippen LogP contribution in [0.5, 0.6) is 0 Å². The second-order valence-corrected chi connectivity index (χ2v) is 12.8. The maximum absolute atomic E-state index is 13.0. The molecule has 1 aliphatic rings. The predicted octanol–water partition coefficient (Wildman–Crippen LogP) is 5.24. The molecule has 0 unspecified atom stereocenters.